The van der Waals surface area contributed by atoms with Crippen LogP contribution in [0, 0.1) is 0 Å². The summed E-state index contributed by atoms with van der Waals surface area (Å²) in [6, 6.07) is 8.60. The highest BCUT2D eigenvalue weighted by Crippen LogP contribution is 2.20. The normalized spacial score (nSPS) is 21.2. The topological polar surface area (TPSA) is 22.2 Å². The summed E-state index contributed by atoms with van der Waals surface area (Å²) in [6.07, 6.45) is 2.32. The summed E-state index contributed by atoms with van der Waals surface area (Å²) >= 11 is 0. The van der Waals surface area contributed by atoms with Crippen molar-refractivity contribution < 1.29 is 4.74 Å². The van der Waals surface area contributed by atoms with Gasteiger partial charge in [0, 0.05) is 58.9 Å². The van der Waals surface area contributed by atoms with Crippen LogP contribution in [0.25, 0.3) is 0 Å². The van der Waals surface area contributed by atoms with Gasteiger partial charge in [-0.25, -0.2) is 0 Å². The molecule has 0 spiro atoms. The summed E-state index contributed by atoms with van der Waals surface area (Å²) in [7, 11) is 4.42. The average Bonchev–Trinajstić information content (AvgIpc) is 2.66. The van der Waals surface area contributed by atoms with Crippen LogP contribution in [0.3, 0.4) is 0 Å². The van der Waals surface area contributed by atoms with Crippen molar-refractivity contribution in [2.75, 3.05) is 86.1 Å². The van der Waals surface area contributed by atoms with Gasteiger partial charge in [0.1, 0.15) is 12.4 Å². The van der Waals surface area contributed by atoms with E-state index in [-0.39, 0.29) is 0 Å². The molecule has 2 aliphatic heterocycles. The molecular formula is C21H36N4O. The number of para-hydroxylation sites is 1. The molecule has 5 nitrogen and oxygen atoms in total. The Labute approximate surface area is 159 Å². The molecule has 2 fully saturated rings. The zero-order chi connectivity index (χ0) is 18.2. The Balaban J connectivity index is 1.38. The lowest BCUT2D eigenvalue weighted by Crippen LogP contribution is -2.45. The van der Waals surface area contributed by atoms with Gasteiger partial charge >= 0.3 is 0 Å². The van der Waals surface area contributed by atoms with Crippen molar-refractivity contribution in [2.45, 2.75) is 12.8 Å². The molecule has 0 unspecified atom stereocenters. The van der Waals surface area contributed by atoms with Crippen molar-refractivity contribution in [3.8, 4) is 5.75 Å². The molecule has 26 heavy (non-hydrogen) atoms. The fourth-order valence-corrected chi connectivity index (χ4v) is 3.77. The number of likely N-dealkylation sites (N-methyl/N-ethyl adjacent to an activating group) is 2. The molecule has 3 rings (SSSR count). The van der Waals surface area contributed by atoms with E-state index in [0.29, 0.717) is 0 Å². The molecule has 2 heterocycles. The SMILES string of the molecule is CN1CCN(CCCc2ccccc2OCCN2CCN(C)CC2)CC1. The average molecular weight is 361 g/mol. The van der Waals surface area contributed by atoms with Crippen molar-refractivity contribution >= 4 is 0 Å². The molecule has 0 aromatic heterocycles. The van der Waals surface area contributed by atoms with Crippen LogP contribution in [0.2, 0.25) is 0 Å². The Morgan fingerprint density at radius 1 is 0.769 bits per heavy atom. The summed E-state index contributed by atoms with van der Waals surface area (Å²) in [5.74, 6) is 1.08. The van der Waals surface area contributed by atoms with E-state index in [0.717, 1.165) is 38.4 Å². The number of hydrogen-bond acceptors (Lipinski definition) is 5. The standard InChI is InChI=1S/C21H36N4O/c1-22-10-14-24(15-11-22)9-5-7-20-6-3-4-8-21(20)26-19-18-25-16-12-23(2)13-17-25/h3-4,6,8H,5,7,9-19H2,1-2H3. The molecule has 1 aromatic rings. The number of ether oxygens (including phenoxy) is 1. The second kappa shape index (κ2) is 10.3. The smallest absolute Gasteiger partial charge is 0.122 e. The predicted octanol–water partition coefficient (Wildman–Crippen LogP) is 1.49. The lowest BCUT2D eigenvalue weighted by atomic mass is 10.1. The molecule has 2 saturated heterocycles. The molecule has 0 amide bonds. The molecule has 0 aliphatic carbocycles. The van der Waals surface area contributed by atoms with Crippen LogP contribution in [-0.4, -0.2) is 106 Å². The van der Waals surface area contributed by atoms with Gasteiger partial charge in [-0.3, -0.25) is 4.90 Å². The highest BCUT2D eigenvalue weighted by Gasteiger charge is 2.15. The number of rotatable bonds is 8. The Morgan fingerprint density at radius 3 is 2.00 bits per heavy atom. The molecular weight excluding hydrogens is 324 g/mol. The largest absolute Gasteiger partial charge is 0.492 e. The van der Waals surface area contributed by atoms with E-state index in [9.17, 15) is 0 Å². The first-order valence-corrected chi connectivity index (χ1v) is 10.2. The third-order valence-corrected chi connectivity index (χ3v) is 5.75. The van der Waals surface area contributed by atoms with E-state index in [1.54, 1.807) is 0 Å². The lowest BCUT2D eigenvalue weighted by molar-refractivity contribution is 0.133. The molecule has 0 bridgehead atoms. The van der Waals surface area contributed by atoms with Gasteiger partial charge in [-0.2, -0.15) is 0 Å². The van der Waals surface area contributed by atoms with Crippen LogP contribution in [0.4, 0.5) is 0 Å². The monoisotopic (exact) mass is 360 g/mol. The van der Waals surface area contributed by atoms with E-state index < -0.39 is 0 Å². The van der Waals surface area contributed by atoms with E-state index in [2.05, 4.69) is 58.0 Å². The molecule has 0 saturated carbocycles. The van der Waals surface area contributed by atoms with Crippen molar-refractivity contribution in [3.05, 3.63) is 29.8 Å². The summed E-state index contributed by atoms with van der Waals surface area (Å²) in [5, 5.41) is 0. The van der Waals surface area contributed by atoms with Gasteiger partial charge in [0.25, 0.3) is 0 Å². The molecule has 5 heteroatoms. The second-order valence-corrected chi connectivity index (χ2v) is 7.85. The summed E-state index contributed by atoms with van der Waals surface area (Å²) in [4.78, 5) is 9.92. The Morgan fingerprint density at radius 2 is 1.35 bits per heavy atom. The number of benzene rings is 1. The summed E-state index contributed by atoms with van der Waals surface area (Å²) in [5.41, 5.74) is 1.36. The minimum atomic E-state index is 0.791. The fraction of sp³-hybridized carbons (Fsp3) is 0.714. The number of piperazine rings is 2. The molecule has 0 radical (unpaired) electrons. The van der Waals surface area contributed by atoms with E-state index >= 15 is 0 Å². The molecule has 0 N–H and O–H groups in total. The zero-order valence-electron chi connectivity index (χ0n) is 16.7. The third-order valence-electron chi connectivity index (χ3n) is 5.75. The molecule has 0 atom stereocenters. The van der Waals surface area contributed by atoms with Gasteiger partial charge in [-0.15, -0.1) is 0 Å². The summed E-state index contributed by atoms with van der Waals surface area (Å²) < 4.78 is 6.15. The molecule has 146 valence electrons. The number of hydrogen-bond donors (Lipinski definition) is 0. The van der Waals surface area contributed by atoms with Crippen molar-refractivity contribution in [1.82, 2.24) is 19.6 Å². The van der Waals surface area contributed by atoms with Gasteiger partial charge in [-0.05, 0) is 45.1 Å². The minimum absolute atomic E-state index is 0.791. The first-order valence-electron chi connectivity index (χ1n) is 10.2. The van der Waals surface area contributed by atoms with Gasteiger partial charge in [0.05, 0.1) is 0 Å². The zero-order valence-corrected chi connectivity index (χ0v) is 16.7. The maximum atomic E-state index is 6.15. The first-order chi connectivity index (χ1) is 12.7. The van der Waals surface area contributed by atoms with Crippen molar-refractivity contribution in [1.29, 1.82) is 0 Å². The summed E-state index contributed by atoms with van der Waals surface area (Å²) in [6.45, 7) is 12.5. The van der Waals surface area contributed by atoms with Crippen LogP contribution in [0.1, 0.15) is 12.0 Å². The van der Waals surface area contributed by atoms with Gasteiger partial charge in [-0.1, -0.05) is 18.2 Å². The highest BCUT2D eigenvalue weighted by molar-refractivity contribution is 5.33. The number of nitrogens with zero attached hydrogens (tertiary/aromatic N) is 4. The van der Waals surface area contributed by atoms with Gasteiger partial charge < -0.3 is 19.4 Å². The van der Waals surface area contributed by atoms with Crippen LogP contribution in [0.5, 0.6) is 5.75 Å². The maximum absolute atomic E-state index is 6.15. The van der Waals surface area contributed by atoms with Crippen LogP contribution in [0.15, 0.2) is 24.3 Å². The minimum Gasteiger partial charge on any atom is -0.492 e. The van der Waals surface area contributed by atoms with Gasteiger partial charge in [0.2, 0.25) is 0 Å². The van der Waals surface area contributed by atoms with Crippen LogP contribution >= 0.6 is 0 Å². The van der Waals surface area contributed by atoms with E-state index in [1.165, 1.54) is 57.8 Å². The number of aryl methyl sites for hydroxylation is 1. The quantitative estimate of drug-likeness (QED) is 0.699. The first kappa shape index (κ1) is 19.6. The Hall–Kier alpha value is -1.14. The third kappa shape index (κ3) is 6.23. The van der Waals surface area contributed by atoms with Crippen LogP contribution in [-0.2, 0) is 6.42 Å². The highest BCUT2D eigenvalue weighted by atomic mass is 16.5. The Kier molecular flexibility index (Phi) is 7.74. The fourth-order valence-electron chi connectivity index (χ4n) is 3.77. The predicted molar refractivity (Wildman–Crippen MR) is 108 cm³/mol. The van der Waals surface area contributed by atoms with Gasteiger partial charge in [0.15, 0.2) is 0 Å². The van der Waals surface area contributed by atoms with Crippen molar-refractivity contribution in [3.63, 3.8) is 0 Å². The van der Waals surface area contributed by atoms with Crippen molar-refractivity contribution in [2.24, 2.45) is 0 Å². The van der Waals surface area contributed by atoms with E-state index in [4.69, 9.17) is 4.74 Å². The Bertz CT molecular complexity index is 475. The molecule has 2 aliphatic rings. The molecule has 1 aromatic carbocycles. The second-order valence-electron chi connectivity index (χ2n) is 7.85. The lowest BCUT2D eigenvalue weighted by Gasteiger charge is -2.32. The van der Waals surface area contributed by atoms with E-state index in [1.807, 2.05) is 0 Å². The van der Waals surface area contributed by atoms with Crippen LogP contribution < -0.4 is 4.74 Å². The maximum Gasteiger partial charge on any atom is 0.122 e.